The Hall–Kier alpha value is -1.62. The van der Waals surface area contributed by atoms with Crippen molar-refractivity contribution in [1.29, 1.82) is 0 Å². The smallest absolute Gasteiger partial charge is 0.157 e. The SMILES string of the molecule is CCC(CC)c1cc2nc(C)cc(NCCN)n2n1. The molecule has 0 saturated heterocycles. The van der Waals surface area contributed by atoms with E-state index in [1.54, 1.807) is 0 Å². The van der Waals surface area contributed by atoms with Gasteiger partial charge >= 0.3 is 0 Å². The fourth-order valence-electron chi connectivity index (χ4n) is 2.35. The first-order valence-corrected chi connectivity index (χ1v) is 7.00. The van der Waals surface area contributed by atoms with E-state index in [1.165, 1.54) is 0 Å². The molecule has 0 radical (unpaired) electrons. The minimum absolute atomic E-state index is 0.504. The third-order valence-corrected chi connectivity index (χ3v) is 3.43. The second-order valence-corrected chi connectivity index (χ2v) is 4.85. The van der Waals surface area contributed by atoms with Crippen molar-refractivity contribution in [2.75, 3.05) is 18.4 Å². The Morgan fingerprint density at radius 1 is 1.32 bits per heavy atom. The number of nitrogens with two attached hydrogens (primary N) is 1. The number of aryl methyl sites for hydroxylation is 1. The highest BCUT2D eigenvalue weighted by atomic mass is 15.3. The lowest BCUT2D eigenvalue weighted by Crippen LogP contribution is -2.15. The molecule has 0 spiro atoms. The first kappa shape index (κ1) is 13.8. The Bertz CT molecular complexity index is 542. The number of nitrogens with one attached hydrogen (secondary N) is 1. The molecule has 2 rings (SSSR count). The van der Waals surface area contributed by atoms with Crippen molar-refractivity contribution < 1.29 is 0 Å². The van der Waals surface area contributed by atoms with Crippen LogP contribution >= 0.6 is 0 Å². The Labute approximate surface area is 114 Å². The van der Waals surface area contributed by atoms with Gasteiger partial charge in [-0.1, -0.05) is 13.8 Å². The Balaban J connectivity index is 2.45. The maximum Gasteiger partial charge on any atom is 0.157 e. The average Bonchev–Trinajstić information content (AvgIpc) is 2.81. The van der Waals surface area contributed by atoms with Crippen molar-refractivity contribution in [3.8, 4) is 0 Å². The Kier molecular flexibility index (Phi) is 4.37. The molecule has 0 aliphatic heterocycles. The number of rotatable bonds is 6. The molecule has 0 aliphatic rings. The normalized spacial score (nSPS) is 11.4. The summed E-state index contributed by atoms with van der Waals surface area (Å²) in [6.45, 7) is 7.73. The fraction of sp³-hybridized carbons (Fsp3) is 0.571. The highest BCUT2D eigenvalue weighted by Gasteiger charge is 2.14. The molecule has 0 atom stereocenters. The van der Waals surface area contributed by atoms with Gasteiger partial charge in [-0.25, -0.2) is 4.98 Å². The summed E-state index contributed by atoms with van der Waals surface area (Å²) in [6, 6.07) is 4.10. The average molecular weight is 261 g/mol. The topological polar surface area (TPSA) is 68.2 Å². The molecule has 2 aromatic heterocycles. The van der Waals surface area contributed by atoms with Crippen LogP contribution in [0, 0.1) is 6.92 Å². The number of anilines is 1. The van der Waals surface area contributed by atoms with Crippen LogP contribution in [0.5, 0.6) is 0 Å². The van der Waals surface area contributed by atoms with Crippen molar-refractivity contribution in [3.05, 3.63) is 23.5 Å². The fourth-order valence-corrected chi connectivity index (χ4v) is 2.35. The number of aromatic nitrogens is 3. The number of fused-ring (bicyclic) bond motifs is 1. The summed E-state index contributed by atoms with van der Waals surface area (Å²) in [5.41, 5.74) is 8.56. The van der Waals surface area contributed by atoms with Gasteiger partial charge in [0.15, 0.2) is 5.65 Å². The second-order valence-electron chi connectivity index (χ2n) is 4.85. The quantitative estimate of drug-likeness (QED) is 0.837. The summed E-state index contributed by atoms with van der Waals surface area (Å²) in [5, 5.41) is 8.00. The van der Waals surface area contributed by atoms with E-state index in [4.69, 9.17) is 10.8 Å². The van der Waals surface area contributed by atoms with E-state index in [0.717, 1.165) is 42.2 Å². The van der Waals surface area contributed by atoms with Crippen LogP contribution in [0.4, 0.5) is 5.82 Å². The Morgan fingerprint density at radius 2 is 2.05 bits per heavy atom. The molecule has 0 aromatic carbocycles. The van der Waals surface area contributed by atoms with E-state index in [2.05, 4.69) is 30.2 Å². The van der Waals surface area contributed by atoms with Gasteiger partial charge < -0.3 is 11.1 Å². The van der Waals surface area contributed by atoms with Crippen molar-refractivity contribution in [1.82, 2.24) is 14.6 Å². The van der Waals surface area contributed by atoms with Crippen LogP contribution in [0.1, 0.15) is 44.0 Å². The molecule has 104 valence electrons. The lowest BCUT2D eigenvalue weighted by Gasteiger charge is -2.09. The molecule has 0 aliphatic carbocycles. The van der Waals surface area contributed by atoms with Crippen LogP contribution < -0.4 is 11.1 Å². The van der Waals surface area contributed by atoms with Gasteiger partial charge in [-0.05, 0) is 19.8 Å². The number of hydrogen-bond donors (Lipinski definition) is 2. The van der Waals surface area contributed by atoms with Crippen LogP contribution in [0.25, 0.3) is 5.65 Å². The summed E-state index contributed by atoms with van der Waals surface area (Å²) in [4.78, 5) is 4.55. The van der Waals surface area contributed by atoms with Gasteiger partial charge in [0.1, 0.15) is 5.82 Å². The predicted molar refractivity (Wildman–Crippen MR) is 78.6 cm³/mol. The van der Waals surface area contributed by atoms with Crippen molar-refractivity contribution in [3.63, 3.8) is 0 Å². The first-order chi connectivity index (χ1) is 9.19. The molecule has 0 amide bonds. The summed E-state index contributed by atoms with van der Waals surface area (Å²) in [6.07, 6.45) is 2.20. The van der Waals surface area contributed by atoms with Crippen LogP contribution in [0.3, 0.4) is 0 Å². The maximum atomic E-state index is 5.55. The first-order valence-electron chi connectivity index (χ1n) is 7.00. The van der Waals surface area contributed by atoms with E-state index in [-0.39, 0.29) is 0 Å². The molecular weight excluding hydrogens is 238 g/mol. The molecule has 0 saturated carbocycles. The van der Waals surface area contributed by atoms with E-state index in [1.807, 2.05) is 17.5 Å². The van der Waals surface area contributed by atoms with Crippen LogP contribution in [-0.4, -0.2) is 27.7 Å². The van der Waals surface area contributed by atoms with Crippen LogP contribution in [-0.2, 0) is 0 Å². The molecule has 2 heterocycles. The largest absolute Gasteiger partial charge is 0.369 e. The zero-order valence-corrected chi connectivity index (χ0v) is 12.0. The molecular formula is C14H23N5. The third-order valence-electron chi connectivity index (χ3n) is 3.43. The summed E-state index contributed by atoms with van der Waals surface area (Å²) in [5.74, 6) is 1.47. The molecule has 0 fully saturated rings. The Morgan fingerprint density at radius 3 is 2.68 bits per heavy atom. The minimum atomic E-state index is 0.504. The van der Waals surface area contributed by atoms with E-state index >= 15 is 0 Å². The predicted octanol–water partition coefficient (Wildman–Crippen LogP) is 2.31. The summed E-state index contributed by atoms with van der Waals surface area (Å²) >= 11 is 0. The van der Waals surface area contributed by atoms with Crippen molar-refractivity contribution in [2.45, 2.75) is 39.5 Å². The van der Waals surface area contributed by atoms with E-state index in [9.17, 15) is 0 Å². The summed E-state index contributed by atoms with van der Waals surface area (Å²) in [7, 11) is 0. The van der Waals surface area contributed by atoms with Gasteiger partial charge in [0.2, 0.25) is 0 Å². The monoisotopic (exact) mass is 261 g/mol. The number of hydrogen-bond acceptors (Lipinski definition) is 4. The molecule has 5 nitrogen and oxygen atoms in total. The van der Waals surface area contributed by atoms with Crippen LogP contribution in [0.2, 0.25) is 0 Å². The molecule has 5 heteroatoms. The van der Waals surface area contributed by atoms with Gasteiger partial charge in [-0.2, -0.15) is 9.61 Å². The lowest BCUT2D eigenvalue weighted by atomic mass is 10.00. The molecule has 0 unspecified atom stereocenters. The second kappa shape index (κ2) is 6.02. The highest BCUT2D eigenvalue weighted by molar-refractivity contribution is 5.50. The molecule has 2 aromatic rings. The summed E-state index contributed by atoms with van der Waals surface area (Å²) < 4.78 is 1.89. The van der Waals surface area contributed by atoms with Gasteiger partial charge in [-0.3, -0.25) is 0 Å². The molecule has 3 N–H and O–H groups in total. The zero-order chi connectivity index (χ0) is 13.8. The molecule has 0 bridgehead atoms. The number of nitrogens with zero attached hydrogens (tertiary/aromatic N) is 3. The zero-order valence-electron chi connectivity index (χ0n) is 12.0. The highest BCUT2D eigenvalue weighted by Crippen LogP contribution is 2.24. The van der Waals surface area contributed by atoms with Gasteiger partial charge in [0.25, 0.3) is 0 Å². The minimum Gasteiger partial charge on any atom is -0.369 e. The van der Waals surface area contributed by atoms with Gasteiger partial charge in [0, 0.05) is 36.8 Å². The van der Waals surface area contributed by atoms with Gasteiger partial charge in [0.05, 0.1) is 5.69 Å². The van der Waals surface area contributed by atoms with E-state index < -0.39 is 0 Å². The van der Waals surface area contributed by atoms with E-state index in [0.29, 0.717) is 12.5 Å². The lowest BCUT2D eigenvalue weighted by molar-refractivity contribution is 0.616. The van der Waals surface area contributed by atoms with Crippen LogP contribution in [0.15, 0.2) is 12.1 Å². The third kappa shape index (κ3) is 2.87. The van der Waals surface area contributed by atoms with Crippen molar-refractivity contribution >= 4 is 11.5 Å². The van der Waals surface area contributed by atoms with Crippen molar-refractivity contribution in [2.24, 2.45) is 5.73 Å². The maximum absolute atomic E-state index is 5.55. The van der Waals surface area contributed by atoms with Gasteiger partial charge in [-0.15, -0.1) is 0 Å². The standard InChI is InChI=1S/C14H23N5/c1-4-11(5-2)12-9-14-17-10(3)8-13(16-7-6-15)19(14)18-12/h8-9,11,16H,4-7,15H2,1-3H3. The molecule has 19 heavy (non-hydrogen) atoms.